The van der Waals surface area contributed by atoms with Crippen molar-refractivity contribution in [2.45, 2.75) is 38.3 Å². The molecule has 0 aliphatic carbocycles. The summed E-state index contributed by atoms with van der Waals surface area (Å²) in [7, 11) is -4.51. The minimum Gasteiger partial charge on any atom is -0.445 e. The van der Waals surface area contributed by atoms with E-state index < -0.39 is 22.1 Å². The van der Waals surface area contributed by atoms with Gasteiger partial charge in [-0.25, -0.2) is 4.79 Å². The van der Waals surface area contributed by atoms with E-state index in [2.05, 4.69) is 0 Å². The third-order valence-electron chi connectivity index (χ3n) is 3.76. The number of carbonyl (C=O) groups excluding carboxylic acids is 1. The summed E-state index contributed by atoms with van der Waals surface area (Å²) >= 11 is 0. The number of piperidine rings is 1. The molecule has 7 heteroatoms. The van der Waals surface area contributed by atoms with E-state index in [0.717, 1.165) is 18.4 Å². The first-order chi connectivity index (χ1) is 10.5. The predicted molar refractivity (Wildman–Crippen MR) is 80.5 cm³/mol. The van der Waals surface area contributed by atoms with E-state index in [4.69, 9.17) is 4.74 Å². The molecule has 1 atom stereocenters. The molecule has 122 valence electrons. The Bertz CT molecular complexity index is 591. The van der Waals surface area contributed by atoms with Crippen molar-refractivity contribution in [2.24, 2.45) is 0 Å². The van der Waals surface area contributed by atoms with Gasteiger partial charge in [-0.2, -0.15) is 8.42 Å². The molecule has 1 fully saturated rings. The molecule has 2 rings (SSSR count). The fourth-order valence-electron chi connectivity index (χ4n) is 2.62. The van der Waals surface area contributed by atoms with Gasteiger partial charge in [0.2, 0.25) is 0 Å². The van der Waals surface area contributed by atoms with Gasteiger partial charge in [0.05, 0.1) is 5.75 Å². The molecule has 1 aliphatic rings. The summed E-state index contributed by atoms with van der Waals surface area (Å²) in [4.78, 5) is 13.7. The molecule has 5 nitrogen and oxygen atoms in total. The highest BCUT2D eigenvalue weighted by molar-refractivity contribution is 7.86. The molecule has 0 saturated carbocycles. The number of likely N-dealkylation sites (tertiary alicyclic amines) is 1. The lowest BCUT2D eigenvalue weighted by Crippen LogP contribution is -2.44. The summed E-state index contributed by atoms with van der Waals surface area (Å²) in [6.45, 7) is 0.689. The van der Waals surface area contributed by atoms with E-state index in [9.17, 15) is 17.1 Å². The van der Waals surface area contributed by atoms with Crippen LogP contribution in [0.15, 0.2) is 30.3 Å². The molecule has 0 spiro atoms. The molecule has 1 unspecified atom stereocenters. The Balaban J connectivity index is 1.90. The van der Waals surface area contributed by atoms with Crippen molar-refractivity contribution >= 4 is 16.3 Å². The van der Waals surface area contributed by atoms with Crippen LogP contribution in [0.3, 0.4) is 0 Å². The Morgan fingerprint density at radius 3 is 2.68 bits per heavy atom. The largest absolute Gasteiger partial charge is 0.445 e. The zero-order valence-electron chi connectivity index (χ0n) is 12.3. The number of hydrogen-bond donors (Lipinski definition) is 0. The van der Waals surface area contributed by atoms with Crippen molar-refractivity contribution in [3.8, 4) is 0 Å². The fourth-order valence-corrected chi connectivity index (χ4v) is 3.17. The van der Waals surface area contributed by atoms with E-state index in [-0.39, 0.29) is 19.1 Å². The van der Waals surface area contributed by atoms with Gasteiger partial charge < -0.3 is 9.64 Å². The molecular formula is C15H20FNO4S. The number of nitrogens with zero attached hydrogens (tertiary/aromatic N) is 1. The molecule has 1 amide bonds. The topological polar surface area (TPSA) is 63.7 Å². The van der Waals surface area contributed by atoms with E-state index in [0.29, 0.717) is 13.0 Å². The van der Waals surface area contributed by atoms with Crippen molar-refractivity contribution in [1.82, 2.24) is 4.90 Å². The van der Waals surface area contributed by atoms with Gasteiger partial charge >= 0.3 is 16.3 Å². The normalized spacial score (nSPS) is 19.0. The van der Waals surface area contributed by atoms with Crippen molar-refractivity contribution in [2.75, 3.05) is 12.3 Å². The maximum atomic E-state index is 12.7. The molecule has 0 N–H and O–H groups in total. The highest BCUT2D eigenvalue weighted by Crippen LogP contribution is 2.21. The Hall–Kier alpha value is -1.63. The standard InChI is InChI=1S/C15H20FNO4S/c16-22(19,20)11-9-14-8-4-5-10-17(14)15(18)21-12-13-6-2-1-3-7-13/h1-3,6-7,14H,4-5,8-12H2. The molecular weight excluding hydrogens is 309 g/mol. The monoisotopic (exact) mass is 329 g/mol. The van der Waals surface area contributed by atoms with E-state index in [1.807, 2.05) is 30.3 Å². The third-order valence-corrected chi connectivity index (χ3v) is 4.49. The highest BCUT2D eigenvalue weighted by Gasteiger charge is 2.29. The Morgan fingerprint density at radius 1 is 1.27 bits per heavy atom. The fraction of sp³-hybridized carbons (Fsp3) is 0.533. The summed E-state index contributed by atoms with van der Waals surface area (Å²) in [5.41, 5.74) is 0.885. The smallest absolute Gasteiger partial charge is 0.410 e. The molecule has 0 radical (unpaired) electrons. The first kappa shape index (κ1) is 16.7. The first-order valence-electron chi connectivity index (χ1n) is 7.35. The summed E-state index contributed by atoms with van der Waals surface area (Å²) in [5.74, 6) is -0.555. The van der Waals surface area contributed by atoms with E-state index in [1.54, 1.807) is 0 Å². The second-order valence-electron chi connectivity index (χ2n) is 5.41. The highest BCUT2D eigenvalue weighted by atomic mass is 32.3. The molecule has 1 saturated heterocycles. The van der Waals surface area contributed by atoms with Gasteiger partial charge in [0.1, 0.15) is 6.61 Å². The molecule has 0 aromatic heterocycles. The van der Waals surface area contributed by atoms with E-state index in [1.165, 1.54) is 4.90 Å². The van der Waals surface area contributed by atoms with Crippen LogP contribution in [0.5, 0.6) is 0 Å². The van der Waals surface area contributed by atoms with Gasteiger partial charge in [0.15, 0.2) is 0 Å². The second-order valence-corrected chi connectivity index (χ2v) is 6.90. The number of rotatable bonds is 5. The zero-order chi connectivity index (χ0) is 16.0. The van der Waals surface area contributed by atoms with Crippen LogP contribution in [0.25, 0.3) is 0 Å². The van der Waals surface area contributed by atoms with Crippen LogP contribution in [0, 0.1) is 0 Å². The Labute approximate surface area is 130 Å². The Kier molecular flexibility index (Phi) is 5.76. The molecule has 1 aliphatic heterocycles. The number of amides is 1. The zero-order valence-corrected chi connectivity index (χ0v) is 13.1. The summed E-state index contributed by atoms with van der Waals surface area (Å²) in [5, 5.41) is 0. The van der Waals surface area contributed by atoms with Gasteiger partial charge in [-0.15, -0.1) is 3.89 Å². The van der Waals surface area contributed by atoms with Crippen LogP contribution in [-0.2, 0) is 21.6 Å². The average molecular weight is 329 g/mol. The lowest BCUT2D eigenvalue weighted by molar-refractivity contribution is 0.0673. The molecule has 0 bridgehead atoms. The van der Waals surface area contributed by atoms with Crippen LogP contribution in [0.2, 0.25) is 0 Å². The van der Waals surface area contributed by atoms with Gasteiger partial charge in [0, 0.05) is 12.6 Å². The minimum absolute atomic E-state index is 0.110. The lowest BCUT2D eigenvalue weighted by Gasteiger charge is -2.34. The summed E-state index contributed by atoms with van der Waals surface area (Å²) in [6, 6.07) is 9.04. The van der Waals surface area contributed by atoms with Crippen molar-refractivity contribution in [3.05, 3.63) is 35.9 Å². The van der Waals surface area contributed by atoms with Gasteiger partial charge in [0.25, 0.3) is 0 Å². The molecule has 1 heterocycles. The first-order valence-corrected chi connectivity index (χ1v) is 8.90. The summed E-state index contributed by atoms with van der Waals surface area (Å²) in [6.07, 6.45) is 2.07. The van der Waals surface area contributed by atoms with Crippen molar-refractivity contribution in [1.29, 1.82) is 0 Å². The van der Waals surface area contributed by atoms with Crippen LogP contribution >= 0.6 is 0 Å². The summed E-state index contributed by atoms with van der Waals surface area (Å²) < 4.78 is 39.3. The third kappa shape index (κ3) is 5.29. The van der Waals surface area contributed by atoms with Gasteiger partial charge in [-0.3, -0.25) is 0 Å². The Morgan fingerprint density at radius 2 is 2.00 bits per heavy atom. The number of carbonyl (C=O) groups is 1. The maximum Gasteiger partial charge on any atom is 0.410 e. The number of ether oxygens (including phenoxy) is 1. The quantitative estimate of drug-likeness (QED) is 0.779. The molecule has 22 heavy (non-hydrogen) atoms. The number of halogens is 1. The SMILES string of the molecule is O=C(OCc1ccccc1)N1CCCCC1CCS(=O)(=O)F. The molecule has 1 aromatic carbocycles. The lowest BCUT2D eigenvalue weighted by atomic mass is 10.0. The van der Waals surface area contributed by atoms with E-state index >= 15 is 0 Å². The molecule has 1 aromatic rings. The maximum absolute atomic E-state index is 12.7. The van der Waals surface area contributed by atoms with Crippen LogP contribution in [-0.4, -0.2) is 37.8 Å². The predicted octanol–water partition coefficient (Wildman–Crippen LogP) is 2.87. The van der Waals surface area contributed by atoms with Crippen LogP contribution in [0.1, 0.15) is 31.2 Å². The average Bonchev–Trinajstić information content (AvgIpc) is 2.51. The van der Waals surface area contributed by atoms with Crippen molar-refractivity contribution in [3.63, 3.8) is 0 Å². The second kappa shape index (κ2) is 7.58. The van der Waals surface area contributed by atoms with Crippen molar-refractivity contribution < 1.29 is 21.8 Å². The van der Waals surface area contributed by atoms with Crippen LogP contribution in [0.4, 0.5) is 8.68 Å². The van der Waals surface area contributed by atoms with Gasteiger partial charge in [-0.1, -0.05) is 30.3 Å². The number of benzene rings is 1. The minimum atomic E-state index is -4.51. The van der Waals surface area contributed by atoms with Gasteiger partial charge in [-0.05, 0) is 31.2 Å². The number of hydrogen-bond acceptors (Lipinski definition) is 4. The van der Waals surface area contributed by atoms with Crippen LogP contribution < -0.4 is 0 Å².